The van der Waals surface area contributed by atoms with Crippen molar-refractivity contribution >= 4 is 24.4 Å². The lowest BCUT2D eigenvalue weighted by Gasteiger charge is -2.34. The minimum atomic E-state index is -0.960. The van der Waals surface area contributed by atoms with Crippen molar-refractivity contribution in [1.29, 1.82) is 0 Å². The van der Waals surface area contributed by atoms with E-state index >= 15 is 0 Å². The third kappa shape index (κ3) is 3.77. The van der Waals surface area contributed by atoms with Gasteiger partial charge >= 0.3 is 13.2 Å². The van der Waals surface area contributed by atoms with E-state index in [0.29, 0.717) is 6.54 Å². The lowest BCUT2D eigenvalue weighted by atomic mass is 9.79. The van der Waals surface area contributed by atoms with Crippen molar-refractivity contribution in [2.45, 2.75) is 57.8 Å². The predicted molar refractivity (Wildman–Crippen MR) is 98.6 cm³/mol. The van der Waals surface area contributed by atoms with Crippen LogP contribution in [-0.4, -0.2) is 48.7 Å². The quantitative estimate of drug-likeness (QED) is 0.822. The van der Waals surface area contributed by atoms with Crippen molar-refractivity contribution in [2.75, 3.05) is 18.0 Å². The standard InChI is InChI=1S/C18H27BN2O4/c1-17(2)18(3,4)25-19(24-17)13-7-5-9-15(11-13)21-10-6-8-14(12-21)20-16(22)23/h5,7,9,11,14,20H,6,8,10,12H2,1-4H3,(H,22,23). The Bertz CT molecular complexity index is 634. The van der Waals surface area contributed by atoms with Gasteiger partial charge in [-0.05, 0) is 58.1 Å². The molecule has 0 radical (unpaired) electrons. The lowest BCUT2D eigenvalue weighted by Crippen LogP contribution is -2.47. The molecule has 2 saturated heterocycles. The van der Waals surface area contributed by atoms with E-state index in [4.69, 9.17) is 14.4 Å². The molecule has 2 aliphatic heterocycles. The molecule has 3 rings (SSSR count). The smallest absolute Gasteiger partial charge is 0.465 e. The fraction of sp³-hybridized carbons (Fsp3) is 0.611. The number of carbonyl (C=O) groups is 1. The Balaban J connectivity index is 1.75. The first-order chi connectivity index (χ1) is 11.7. The van der Waals surface area contributed by atoms with Gasteiger partial charge in [-0.1, -0.05) is 12.1 Å². The van der Waals surface area contributed by atoms with E-state index in [9.17, 15) is 4.79 Å². The highest BCUT2D eigenvalue weighted by molar-refractivity contribution is 6.62. The molecule has 136 valence electrons. The van der Waals surface area contributed by atoms with Gasteiger partial charge < -0.3 is 24.6 Å². The molecule has 0 bridgehead atoms. The summed E-state index contributed by atoms with van der Waals surface area (Å²) in [6.07, 6.45) is 0.878. The highest BCUT2D eigenvalue weighted by Crippen LogP contribution is 2.36. The first-order valence-corrected chi connectivity index (χ1v) is 8.88. The fourth-order valence-electron chi connectivity index (χ4n) is 3.35. The molecule has 25 heavy (non-hydrogen) atoms. The number of anilines is 1. The summed E-state index contributed by atoms with van der Waals surface area (Å²) in [5.41, 5.74) is 1.33. The summed E-state index contributed by atoms with van der Waals surface area (Å²) >= 11 is 0. The summed E-state index contributed by atoms with van der Waals surface area (Å²) in [6, 6.07) is 8.13. The van der Waals surface area contributed by atoms with Crippen molar-refractivity contribution in [1.82, 2.24) is 5.32 Å². The number of nitrogens with one attached hydrogen (secondary N) is 1. The molecule has 0 aliphatic carbocycles. The second kappa shape index (κ2) is 6.54. The highest BCUT2D eigenvalue weighted by atomic mass is 16.7. The summed E-state index contributed by atoms with van der Waals surface area (Å²) < 4.78 is 12.3. The fourth-order valence-corrected chi connectivity index (χ4v) is 3.35. The molecule has 1 amide bonds. The monoisotopic (exact) mass is 346 g/mol. The molecule has 0 saturated carbocycles. The van der Waals surface area contributed by atoms with E-state index in [1.165, 1.54) is 0 Å². The third-order valence-corrected chi connectivity index (χ3v) is 5.51. The molecule has 1 atom stereocenters. The third-order valence-electron chi connectivity index (χ3n) is 5.51. The van der Waals surface area contributed by atoms with Crippen LogP contribution in [0.15, 0.2) is 24.3 Å². The van der Waals surface area contributed by atoms with Gasteiger partial charge in [0.15, 0.2) is 0 Å². The van der Waals surface area contributed by atoms with Crippen LogP contribution in [0, 0.1) is 0 Å². The first-order valence-electron chi connectivity index (χ1n) is 8.88. The number of rotatable bonds is 3. The molecule has 0 aromatic heterocycles. The number of amides is 1. The first kappa shape index (κ1) is 18.1. The maximum absolute atomic E-state index is 10.9. The maximum Gasteiger partial charge on any atom is 0.494 e. The molecule has 1 aromatic rings. The van der Waals surface area contributed by atoms with Crippen molar-refractivity contribution in [3.63, 3.8) is 0 Å². The van der Waals surface area contributed by atoms with Gasteiger partial charge in [0.2, 0.25) is 0 Å². The number of nitrogens with zero attached hydrogens (tertiary/aromatic N) is 1. The van der Waals surface area contributed by atoms with E-state index in [1.807, 2.05) is 39.8 Å². The largest absolute Gasteiger partial charge is 0.494 e. The second-order valence-electron chi connectivity index (χ2n) is 7.92. The summed E-state index contributed by atoms with van der Waals surface area (Å²) in [7, 11) is -0.386. The minimum absolute atomic E-state index is 0.0354. The summed E-state index contributed by atoms with van der Waals surface area (Å²) in [6.45, 7) is 9.78. The van der Waals surface area contributed by atoms with Crippen LogP contribution in [0.1, 0.15) is 40.5 Å². The van der Waals surface area contributed by atoms with Crippen molar-refractivity contribution < 1.29 is 19.2 Å². The molecule has 1 aromatic carbocycles. The summed E-state index contributed by atoms with van der Waals surface area (Å²) in [5, 5.41) is 11.5. The molecule has 1 unspecified atom stereocenters. The van der Waals surface area contributed by atoms with Gasteiger partial charge in [0.05, 0.1) is 11.2 Å². The molecule has 2 heterocycles. The van der Waals surface area contributed by atoms with Gasteiger partial charge in [-0.3, -0.25) is 0 Å². The molecule has 0 spiro atoms. The van der Waals surface area contributed by atoms with Crippen LogP contribution in [0.2, 0.25) is 0 Å². The Morgan fingerprint density at radius 1 is 1.28 bits per heavy atom. The topological polar surface area (TPSA) is 71.0 Å². The van der Waals surface area contributed by atoms with E-state index in [0.717, 1.165) is 30.5 Å². The van der Waals surface area contributed by atoms with Gasteiger partial charge in [-0.25, -0.2) is 4.79 Å². The number of hydrogen-bond acceptors (Lipinski definition) is 4. The summed E-state index contributed by atoms with van der Waals surface area (Å²) in [4.78, 5) is 13.1. The van der Waals surface area contributed by atoms with Gasteiger partial charge in [0, 0.05) is 24.8 Å². The Hall–Kier alpha value is -1.73. The summed E-state index contributed by atoms with van der Waals surface area (Å²) in [5.74, 6) is 0. The molecule has 2 aliphatic rings. The van der Waals surface area contributed by atoms with Crippen LogP contribution < -0.4 is 15.7 Å². The predicted octanol–water partition coefficient (Wildman–Crippen LogP) is 2.22. The van der Waals surface area contributed by atoms with E-state index in [-0.39, 0.29) is 24.4 Å². The van der Waals surface area contributed by atoms with Crippen molar-refractivity contribution in [3.8, 4) is 0 Å². The zero-order valence-electron chi connectivity index (χ0n) is 15.4. The number of benzene rings is 1. The normalized spacial score (nSPS) is 25.0. The molecular weight excluding hydrogens is 319 g/mol. The Morgan fingerprint density at radius 2 is 1.96 bits per heavy atom. The van der Waals surface area contributed by atoms with Gasteiger partial charge in [0.25, 0.3) is 0 Å². The lowest BCUT2D eigenvalue weighted by molar-refractivity contribution is 0.00578. The van der Waals surface area contributed by atoms with Gasteiger partial charge in [-0.2, -0.15) is 0 Å². The molecular formula is C18H27BN2O4. The maximum atomic E-state index is 10.9. The SMILES string of the molecule is CC1(C)OB(c2cccc(N3CCCC(NC(=O)O)C3)c2)OC1(C)C. The molecule has 6 nitrogen and oxygen atoms in total. The van der Waals surface area contributed by atoms with E-state index < -0.39 is 6.09 Å². The molecule has 2 fully saturated rings. The minimum Gasteiger partial charge on any atom is -0.465 e. The Morgan fingerprint density at radius 3 is 2.60 bits per heavy atom. The van der Waals surface area contributed by atoms with Crippen LogP contribution >= 0.6 is 0 Å². The number of carboxylic acid groups (broad SMARTS) is 1. The average molecular weight is 346 g/mol. The molecule has 7 heteroatoms. The molecule has 2 N–H and O–H groups in total. The Labute approximate surface area is 149 Å². The number of hydrogen-bond donors (Lipinski definition) is 2. The Kier molecular flexibility index (Phi) is 4.73. The van der Waals surface area contributed by atoms with Crippen LogP contribution in [0.5, 0.6) is 0 Å². The van der Waals surface area contributed by atoms with E-state index in [1.54, 1.807) is 0 Å². The van der Waals surface area contributed by atoms with Crippen LogP contribution in [0.4, 0.5) is 10.5 Å². The number of piperidine rings is 1. The average Bonchev–Trinajstić information content (AvgIpc) is 2.75. The van der Waals surface area contributed by atoms with Gasteiger partial charge in [0.1, 0.15) is 0 Å². The van der Waals surface area contributed by atoms with Crippen molar-refractivity contribution in [3.05, 3.63) is 24.3 Å². The van der Waals surface area contributed by atoms with Gasteiger partial charge in [-0.15, -0.1) is 0 Å². The van der Waals surface area contributed by atoms with E-state index in [2.05, 4.69) is 22.3 Å². The van der Waals surface area contributed by atoms with Crippen molar-refractivity contribution in [2.24, 2.45) is 0 Å². The van der Waals surface area contributed by atoms with Crippen LogP contribution in [0.25, 0.3) is 0 Å². The van der Waals surface area contributed by atoms with Crippen LogP contribution in [0.3, 0.4) is 0 Å². The zero-order chi connectivity index (χ0) is 18.2. The van der Waals surface area contributed by atoms with Crippen LogP contribution in [-0.2, 0) is 9.31 Å². The highest BCUT2D eigenvalue weighted by Gasteiger charge is 2.51. The second-order valence-corrected chi connectivity index (χ2v) is 7.92. The zero-order valence-corrected chi connectivity index (χ0v) is 15.4.